The molecule has 4 nitrogen and oxygen atoms in total. The van der Waals surface area contributed by atoms with Gasteiger partial charge >= 0.3 is 0 Å². The highest BCUT2D eigenvalue weighted by molar-refractivity contribution is 7.81. The second-order valence-corrected chi connectivity index (χ2v) is 11.4. The summed E-state index contributed by atoms with van der Waals surface area (Å²) in [5, 5.41) is 8.80. The molecular weight excluding hydrogens is 497 g/mol. The highest BCUT2D eigenvalue weighted by atomic mass is 32.1. The molecule has 0 aliphatic carbocycles. The molecule has 2 aromatic heterocycles. The summed E-state index contributed by atoms with van der Waals surface area (Å²) in [4.78, 5) is 10.3. The normalized spacial score (nSPS) is 11.1. The SMILES string of the molecule is Cc1ccc2nc(CC(=S)Cc3ccc(NC(=S)Nc4nc5ccc(C)cc5s4)cc3)sc2c1. The number of thiazole rings is 2. The zero-order chi connectivity index (χ0) is 23.7. The van der Waals surface area contributed by atoms with Crippen molar-refractivity contribution in [3.05, 3.63) is 82.4 Å². The number of fused-ring (bicyclic) bond motifs is 2. The number of benzene rings is 3. The first-order valence-corrected chi connectivity index (χ1v) is 13.3. The minimum atomic E-state index is 0.519. The second-order valence-electron chi connectivity index (χ2n) is 8.24. The number of hydrogen-bond acceptors (Lipinski definition) is 6. The quantitative estimate of drug-likeness (QED) is 0.227. The average molecular weight is 519 g/mol. The van der Waals surface area contributed by atoms with Gasteiger partial charge in [0.15, 0.2) is 10.2 Å². The molecule has 3 aromatic carbocycles. The van der Waals surface area contributed by atoms with Crippen LogP contribution in [0.4, 0.5) is 10.8 Å². The summed E-state index contributed by atoms with van der Waals surface area (Å²) < 4.78 is 2.37. The summed E-state index contributed by atoms with van der Waals surface area (Å²) >= 11 is 14.5. The van der Waals surface area contributed by atoms with Crippen LogP contribution in [0.3, 0.4) is 0 Å². The maximum Gasteiger partial charge on any atom is 0.190 e. The van der Waals surface area contributed by atoms with Crippen LogP contribution in [0, 0.1) is 13.8 Å². The van der Waals surface area contributed by atoms with Gasteiger partial charge in [-0.05, 0) is 79.2 Å². The van der Waals surface area contributed by atoms with E-state index in [1.54, 1.807) is 22.7 Å². The van der Waals surface area contributed by atoms with E-state index >= 15 is 0 Å². The summed E-state index contributed by atoms with van der Waals surface area (Å²) in [6.45, 7) is 4.18. The number of rotatable bonds is 6. The highest BCUT2D eigenvalue weighted by Crippen LogP contribution is 2.27. The van der Waals surface area contributed by atoms with Gasteiger partial charge in [-0.3, -0.25) is 0 Å². The van der Waals surface area contributed by atoms with E-state index < -0.39 is 0 Å². The van der Waals surface area contributed by atoms with Gasteiger partial charge in [-0.2, -0.15) is 0 Å². The molecule has 34 heavy (non-hydrogen) atoms. The van der Waals surface area contributed by atoms with E-state index in [2.05, 4.69) is 71.9 Å². The van der Waals surface area contributed by atoms with Crippen LogP contribution < -0.4 is 10.6 Å². The Morgan fingerprint density at radius 2 is 1.41 bits per heavy atom. The zero-order valence-corrected chi connectivity index (χ0v) is 22.0. The first-order valence-electron chi connectivity index (χ1n) is 10.8. The van der Waals surface area contributed by atoms with Crippen LogP contribution >= 0.6 is 47.1 Å². The average Bonchev–Trinajstić information content (AvgIpc) is 3.36. The second kappa shape index (κ2) is 9.84. The predicted molar refractivity (Wildman–Crippen MR) is 155 cm³/mol. The van der Waals surface area contributed by atoms with Crippen molar-refractivity contribution in [2.45, 2.75) is 26.7 Å². The molecule has 2 heterocycles. The van der Waals surface area contributed by atoms with Gasteiger partial charge in [0.2, 0.25) is 0 Å². The van der Waals surface area contributed by atoms with Gasteiger partial charge in [0.25, 0.3) is 0 Å². The van der Waals surface area contributed by atoms with E-state index in [0.29, 0.717) is 5.11 Å². The fourth-order valence-corrected chi connectivity index (χ4v) is 6.41. The third-order valence-corrected chi connectivity index (χ3v) is 7.76. The van der Waals surface area contributed by atoms with E-state index in [-0.39, 0.29) is 0 Å². The van der Waals surface area contributed by atoms with Gasteiger partial charge in [0.05, 0.1) is 25.4 Å². The van der Waals surface area contributed by atoms with Crippen molar-refractivity contribution in [3.63, 3.8) is 0 Å². The lowest BCUT2D eigenvalue weighted by Crippen LogP contribution is -2.18. The fraction of sp³-hybridized carbons (Fsp3) is 0.154. The van der Waals surface area contributed by atoms with Crippen molar-refractivity contribution in [1.82, 2.24) is 9.97 Å². The molecule has 5 rings (SSSR count). The molecule has 8 heteroatoms. The Morgan fingerprint density at radius 1 is 0.765 bits per heavy atom. The van der Waals surface area contributed by atoms with E-state index in [0.717, 1.165) is 49.3 Å². The largest absolute Gasteiger partial charge is 0.332 e. The van der Waals surface area contributed by atoms with Crippen LogP contribution in [-0.2, 0) is 12.8 Å². The number of aromatic nitrogens is 2. The van der Waals surface area contributed by atoms with Crippen molar-refractivity contribution < 1.29 is 0 Å². The number of thiocarbonyl (C=S) groups is 2. The lowest BCUT2D eigenvalue weighted by Gasteiger charge is -2.09. The Bertz CT molecular complexity index is 1400. The van der Waals surface area contributed by atoms with Crippen molar-refractivity contribution in [2.75, 3.05) is 10.6 Å². The van der Waals surface area contributed by atoms with E-state index in [1.807, 2.05) is 18.2 Å². The summed E-state index contributed by atoms with van der Waals surface area (Å²) in [7, 11) is 0. The minimum absolute atomic E-state index is 0.519. The molecule has 0 spiro atoms. The lowest BCUT2D eigenvalue weighted by molar-refractivity contribution is 1.22. The maximum absolute atomic E-state index is 5.67. The van der Waals surface area contributed by atoms with Crippen LogP contribution in [0.25, 0.3) is 20.4 Å². The molecule has 0 radical (unpaired) electrons. The molecular formula is C26H22N4S4. The minimum Gasteiger partial charge on any atom is -0.332 e. The molecule has 0 aliphatic heterocycles. The van der Waals surface area contributed by atoms with Crippen molar-refractivity contribution in [1.29, 1.82) is 0 Å². The zero-order valence-electron chi connectivity index (χ0n) is 18.7. The van der Waals surface area contributed by atoms with Crippen molar-refractivity contribution in [2.24, 2.45) is 0 Å². The molecule has 170 valence electrons. The standard InChI is InChI=1S/C26H22N4S4/c1-15-3-9-20-22(11-15)33-24(28-20)14-19(31)13-17-5-7-18(8-6-17)27-25(32)30-26-29-21-10-4-16(2)12-23(21)34-26/h3-12H,13-14H2,1-2H3,(H2,27,29,30,32). The van der Waals surface area contributed by atoms with Gasteiger partial charge in [-0.15, -0.1) is 11.3 Å². The van der Waals surface area contributed by atoms with E-state index in [1.165, 1.54) is 21.4 Å². The van der Waals surface area contributed by atoms with Crippen LogP contribution in [-0.4, -0.2) is 19.9 Å². The molecule has 0 fully saturated rings. The number of anilines is 2. The molecule has 0 amide bonds. The maximum atomic E-state index is 5.67. The van der Waals surface area contributed by atoms with Crippen LogP contribution in [0.15, 0.2) is 60.7 Å². The highest BCUT2D eigenvalue weighted by Gasteiger charge is 2.09. The molecule has 0 bridgehead atoms. The van der Waals surface area contributed by atoms with Gasteiger partial charge < -0.3 is 10.6 Å². The molecule has 0 saturated carbocycles. The predicted octanol–water partition coefficient (Wildman–Crippen LogP) is 7.49. The topological polar surface area (TPSA) is 49.8 Å². The molecule has 0 saturated heterocycles. The third kappa shape index (κ3) is 5.47. The molecule has 0 aliphatic rings. The van der Waals surface area contributed by atoms with Crippen molar-refractivity contribution in [3.8, 4) is 0 Å². The number of hydrogen-bond donors (Lipinski definition) is 2. The van der Waals surface area contributed by atoms with Crippen LogP contribution in [0.2, 0.25) is 0 Å². The van der Waals surface area contributed by atoms with Gasteiger partial charge in [0.1, 0.15) is 0 Å². The Kier molecular flexibility index (Phi) is 6.65. The van der Waals surface area contributed by atoms with Crippen molar-refractivity contribution >= 4 is 88.3 Å². The molecule has 0 unspecified atom stereocenters. The van der Waals surface area contributed by atoms with Crippen LogP contribution in [0.5, 0.6) is 0 Å². The van der Waals surface area contributed by atoms with E-state index in [9.17, 15) is 0 Å². The summed E-state index contributed by atoms with van der Waals surface area (Å²) in [5.74, 6) is 0. The van der Waals surface area contributed by atoms with Crippen LogP contribution in [0.1, 0.15) is 21.7 Å². The lowest BCUT2D eigenvalue weighted by atomic mass is 10.1. The third-order valence-electron chi connectivity index (χ3n) is 5.31. The first-order chi connectivity index (χ1) is 16.4. The van der Waals surface area contributed by atoms with Gasteiger partial charge in [0, 0.05) is 23.4 Å². The number of nitrogens with one attached hydrogen (secondary N) is 2. The number of aryl methyl sites for hydroxylation is 2. The Balaban J connectivity index is 1.16. The molecule has 0 atom stereocenters. The summed E-state index contributed by atoms with van der Waals surface area (Å²) in [6, 6.07) is 20.8. The fourth-order valence-electron chi connectivity index (χ4n) is 3.66. The Morgan fingerprint density at radius 3 is 2.12 bits per heavy atom. The molecule has 5 aromatic rings. The Labute approximate surface area is 217 Å². The smallest absolute Gasteiger partial charge is 0.190 e. The van der Waals surface area contributed by atoms with E-state index in [4.69, 9.17) is 29.4 Å². The van der Waals surface area contributed by atoms with Gasteiger partial charge in [-0.1, -0.05) is 47.8 Å². The van der Waals surface area contributed by atoms with Gasteiger partial charge in [-0.25, -0.2) is 9.97 Å². The summed E-state index contributed by atoms with van der Waals surface area (Å²) in [6.07, 6.45) is 1.47. The summed E-state index contributed by atoms with van der Waals surface area (Å²) in [5.41, 5.74) is 6.59. The monoisotopic (exact) mass is 518 g/mol. The first kappa shape index (κ1) is 23.0. The Hall–Kier alpha value is -2.78. The number of nitrogens with zero attached hydrogens (tertiary/aromatic N) is 2. The molecule has 2 N–H and O–H groups in total.